The van der Waals surface area contributed by atoms with Crippen molar-refractivity contribution in [2.75, 3.05) is 25.4 Å². The standard InChI is InChI=1S/C8H19NO4S/c1-7(2)14(12,13)4-3-9-5-8(11)6-10/h7-11H,3-6H2,1-2H3. The highest BCUT2D eigenvalue weighted by molar-refractivity contribution is 7.92. The summed E-state index contributed by atoms with van der Waals surface area (Å²) in [7, 11) is -3.01. The van der Waals surface area contributed by atoms with Gasteiger partial charge in [-0.15, -0.1) is 0 Å². The maximum Gasteiger partial charge on any atom is 0.153 e. The molecule has 14 heavy (non-hydrogen) atoms. The molecule has 0 heterocycles. The van der Waals surface area contributed by atoms with Crippen LogP contribution in [0.25, 0.3) is 0 Å². The lowest BCUT2D eigenvalue weighted by Crippen LogP contribution is -2.33. The van der Waals surface area contributed by atoms with Crippen LogP contribution < -0.4 is 5.32 Å². The molecule has 0 aliphatic carbocycles. The van der Waals surface area contributed by atoms with Gasteiger partial charge in [0, 0.05) is 13.1 Å². The Balaban J connectivity index is 3.65. The van der Waals surface area contributed by atoms with Gasteiger partial charge in [-0.1, -0.05) is 0 Å². The van der Waals surface area contributed by atoms with E-state index >= 15 is 0 Å². The van der Waals surface area contributed by atoms with Crippen molar-refractivity contribution in [3.05, 3.63) is 0 Å². The topological polar surface area (TPSA) is 86.6 Å². The Morgan fingerprint density at radius 1 is 1.36 bits per heavy atom. The van der Waals surface area contributed by atoms with E-state index in [4.69, 9.17) is 10.2 Å². The number of hydrogen-bond donors (Lipinski definition) is 3. The Kier molecular flexibility index (Phi) is 6.26. The highest BCUT2D eigenvalue weighted by atomic mass is 32.2. The predicted octanol–water partition coefficient (Wildman–Crippen LogP) is -1.25. The fourth-order valence-electron chi connectivity index (χ4n) is 0.783. The van der Waals surface area contributed by atoms with E-state index in [1.54, 1.807) is 13.8 Å². The minimum atomic E-state index is -3.01. The summed E-state index contributed by atoms with van der Waals surface area (Å²) in [5.74, 6) is 0.0583. The molecule has 0 fully saturated rings. The van der Waals surface area contributed by atoms with Crippen LogP contribution in [-0.4, -0.2) is 55.4 Å². The molecule has 0 radical (unpaired) electrons. The lowest BCUT2D eigenvalue weighted by Gasteiger charge is -2.10. The van der Waals surface area contributed by atoms with E-state index in [0.29, 0.717) is 6.54 Å². The molecular weight excluding hydrogens is 206 g/mol. The summed E-state index contributed by atoms with van der Waals surface area (Å²) in [4.78, 5) is 0. The Morgan fingerprint density at radius 2 is 1.93 bits per heavy atom. The summed E-state index contributed by atoms with van der Waals surface area (Å²) in [5, 5.41) is 19.8. The van der Waals surface area contributed by atoms with E-state index in [9.17, 15) is 8.42 Å². The van der Waals surface area contributed by atoms with E-state index < -0.39 is 15.9 Å². The van der Waals surface area contributed by atoms with Gasteiger partial charge < -0.3 is 15.5 Å². The lowest BCUT2D eigenvalue weighted by molar-refractivity contribution is 0.0950. The molecular formula is C8H19NO4S. The molecule has 0 aromatic rings. The minimum Gasteiger partial charge on any atom is -0.394 e. The summed E-state index contributed by atoms with van der Waals surface area (Å²) in [6.07, 6.45) is -0.822. The third kappa shape index (κ3) is 5.54. The van der Waals surface area contributed by atoms with Crippen molar-refractivity contribution in [3.8, 4) is 0 Å². The molecule has 5 nitrogen and oxygen atoms in total. The number of sulfone groups is 1. The molecule has 3 N–H and O–H groups in total. The van der Waals surface area contributed by atoms with Crippen molar-refractivity contribution in [2.24, 2.45) is 0 Å². The number of aliphatic hydroxyl groups excluding tert-OH is 2. The molecule has 0 spiro atoms. The van der Waals surface area contributed by atoms with Gasteiger partial charge >= 0.3 is 0 Å². The lowest BCUT2D eigenvalue weighted by atomic mass is 10.4. The van der Waals surface area contributed by atoms with E-state index in [-0.39, 0.29) is 24.2 Å². The first kappa shape index (κ1) is 13.8. The van der Waals surface area contributed by atoms with E-state index in [2.05, 4.69) is 5.32 Å². The van der Waals surface area contributed by atoms with Crippen molar-refractivity contribution < 1.29 is 18.6 Å². The molecule has 0 saturated heterocycles. The quantitative estimate of drug-likeness (QED) is 0.471. The third-order valence-electron chi connectivity index (χ3n) is 1.87. The van der Waals surface area contributed by atoms with Gasteiger partial charge in [-0.2, -0.15) is 0 Å². The SMILES string of the molecule is CC(C)S(=O)(=O)CCNCC(O)CO. The summed E-state index contributed by atoms with van der Waals surface area (Å²) < 4.78 is 22.6. The van der Waals surface area contributed by atoms with Gasteiger partial charge in [0.1, 0.15) is 0 Å². The van der Waals surface area contributed by atoms with Crippen LogP contribution in [0.2, 0.25) is 0 Å². The maximum absolute atomic E-state index is 11.3. The Bertz CT molecular complexity index is 238. The average Bonchev–Trinajstić information content (AvgIpc) is 2.11. The van der Waals surface area contributed by atoms with Crippen LogP contribution in [0.4, 0.5) is 0 Å². The molecule has 0 aliphatic heterocycles. The first-order valence-electron chi connectivity index (χ1n) is 4.61. The van der Waals surface area contributed by atoms with Crippen molar-refractivity contribution in [2.45, 2.75) is 25.2 Å². The second-order valence-corrected chi connectivity index (χ2v) is 6.13. The third-order valence-corrected chi connectivity index (χ3v) is 4.08. The number of aliphatic hydroxyl groups is 2. The van der Waals surface area contributed by atoms with Gasteiger partial charge in [0.25, 0.3) is 0 Å². The molecule has 0 bridgehead atoms. The van der Waals surface area contributed by atoms with Gasteiger partial charge in [-0.05, 0) is 13.8 Å². The van der Waals surface area contributed by atoms with Gasteiger partial charge in [-0.25, -0.2) is 8.42 Å². The van der Waals surface area contributed by atoms with Crippen molar-refractivity contribution in [3.63, 3.8) is 0 Å². The molecule has 0 saturated carbocycles. The maximum atomic E-state index is 11.3. The van der Waals surface area contributed by atoms with Gasteiger partial charge in [0.2, 0.25) is 0 Å². The normalized spacial score (nSPS) is 14.6. The molecule has 6 heteroatoms. The van der Waals surface area contributed by atoms with Gasteiger partial charge in [0.15, 0.2) is 9.84 Å². The number of nitrogens with one attached hydrogen (secondary N) is 1. The highest BCUT2D eigenvalue weighted by Gasteiger charge is 2.15. The molecule has 0 aromatic carbocycles. The minimum absolute atomic E-state index is 0.0583. The fraction of sp³-hybridized carbons (Fsp3) is 1.00. The first-order chi connectivity index (χ1) is 6.40. The molecule has 1 atom stereocenters. The van der Waals surface area contributed by atoms with Crippen LogP contribution in [0.5, 0.6) is 0 Å². The van der Waals surface area contributed by atoms with Crippen LogP contribution in [0.15, 0.2) is 0 Å². The first-order valence-corrected chi connectivity index (χ1v) is 6.33. The van der Waals surface area contributed by atoms with Crippen molar-refractivity contribution in [1.29, 1.82) is 0 Å². The van der Waals surface area contributed by atoms with Crippen LogP contribution in [0, 0.1) is 0 Å². The van der Waals surface area contributed by atoms with Crippen molar-refractivity contribution >= 4 is 9.84 Å². The molecule has 0 rings (SSSR count). The number of hydrogen-bond acceptors (Lipinski definition) is 5. The van der Waals surface area contributed by atoms with Crippen LogP contribution in [-0.2, 0) is 9.84 Å². The van der Waals surface area contributed by atoms with E-state index in [0.717, 1.165) is 0 Å². The summed E-state index contributed by atoms with van der Waals surface area (Å²) in [5.41, 5.74) is 0. The Labute approximate surface area is 85.1 Å². The summed E-state index contributed by atoms with van der Waals surface area (Å²) >= 11 is 0. The molecule has 1 unspecified atom stereocenters. The van der Waals surface area contributed by atoms with Gasteiger partial charge in [0.05, 0.1) is 23.7 Å². The zero-order valence-electron chi connectivity index (χ0n) is 8.60. The summed E-state index contributed by atoms with van der Waals surface area (Å²) in [6, 6.07) is 0. The monoisotopic (exact) mass is 225 g/mol. The van der Waals surface area contributed by atoms with Gasteiger partial charge in [-0.3, -0.25) is 0 Å². The molecule has 0 amide bonds. The number of rotatable bonds is 7. The zero-order chi connectivity index (χ0) is 11.2. The second kappa shape index (κ2) is 6.34. The van der Waals surface area contributed by atoms with E-state index in [1.807, 2.05) is 0 Å². The zero-order valence-corrected chi connectivity index (χ0v) is 9.42. The Morgan fingerprint density at radius 3 is 2.36 bits per heavy atom. The molecule has 86 valence electrons. The van der Waals surface area contributed by atoms with E-state index in [1.165, 1.54) is 0 Å². The molecule has 0 aromatic heterocycles. The predicted molar refractivity (Wildman–Crippen MR) is 54.9 cm³/mol. The Hall–Kier alpha value is -0.170. The largest absolute Gasteiger partial charge is 0.394 e. The van der Waals surface area contributed by atoms with Crippen LogP contribution >= 0.6 is 0 Å². The smallest absolute Gasteiger partial charge is 0.153 e. The van der Waals surface area contributed by atoms with Crippen LogP contribution in [0.3, 0.4) is 0 Å². The molecule has 0 aliphatic rings. The highest BCUT2D eigenvalue weighted by Crippen LogP contribution is 1.98. The van der Waals surface area contributed by atoms with Crippen LogP contribution in [0.1, 0.15) is 13.8 Å². The second-order valence-electron chi connectivity index (χ2n) is 3.46. The fourth-order valence-corrected chi connectivity index (χ4v) is 1.68. The van der Waals surface area contributed by atoms with Crippen molar-refractivity contribution in [1.82, 2.24) is 5.32 Å². The average molecular weight is 225 g/mol. The summed E-state index contributed by atoms with van der Waals surface area (Å²) in [6.45, 7) is 3.47.